The molecule has 2 aromatic heterocycles. The standard InChI is InChI=1S/C17H15N5O3S/c1-26(24,25)14-5-3-2-4-13(14)21-16-8-17(20-11-19-16)22-15-7-6-12(10-23)9-18-15/h2-11H,1H3,(H2,18,19,20,21,22). The second-order valence-corrected chi connectivity index (χ2v) is 7.39. The van der Waals surface area contributed by atoms with Crippen molar-refractivity contribution in [2.45, 2.75) is 4.90 Å². The average molecular weight is 369 g/mol. The van der Waals surface area contributed by atoms with Gasteiger partial charge in [-0.3, -0.25) is 4.79 Å². The van der Waals surface area contributed by atoms with Crippen LogP contribution in [0.25, 0.3) is 0 Å². The highest BCUT2D eigenvalue weighted by Gasteiger charge is 2.13. The summed E-state index contributed by atoms with van der Waals surface area (Å²) >= 11 is 0. The van der Waals surface area contributed by atoms with Crippen molar-refractivity contribution in [2.75, 3.05) is 16.9 Å². The number of carbonyl (C=O) groups is 1. The number of hydrogen-bond acceptors (Lipinski definition) is 8. The van der Waals surface area contributed by atoms with Gasteiger partial charge in [0.2, 0.25) is 0 Å². The lowest BCUT2D eigenvalue weighted by atomic mass is 10.3. The second-order valence-electron chi connectivity index (χ2n) is 5.40. The van der Waals surface area contributed by atoms with Crippen LogP contribution in [0.5, 0.6) is 0 Å². The van der Waals surface area contributed by atoms with Gasteiger partial charge in [0.25, 0.3) is 0 Å². The largest absolute Gasteiger partial charge is 0.339 e. The number of aldehydes is 1. The van der Waals surface area contributed by atoms with Crippen LogP contribution in [0.15, 0.2) is 59.9 Å². The first-order valence-electron chi connectivity index (χ1n) is 7.52. The summed E-state index contributed by atoms with van der Waals surface area (Å²) in [7, 11) is -3.38. The summed E-state index contributed by atoms with van der Waals surface area (Å²) < 4.78 is 23.8. The lowest BCUT2D eigenvalue weighted by molar-refractivity contribution is 0.112. The molecule has 0 aliphatic rings. The summed E-state index contributed by atoms with van der Waals surface area (Å²) in [6.07, 6.45) is 4.64. The molecule has 2 N–H and O–H groups in total. The lowest BCUT2D eigenvalue weighted by Crippen LogP contribution is -2.04. The van der Waals surface area contributed by atoms with Crippen LogP contribution >= 0.6 is 0 Å². The van der Waals surface area contributed by atoms with Gasteiger partial charge in [-0.05, 0) is 24.3 Å². The Labute approximate surface area is 150 Å². The number of carbonyl (C=O) groups excluding carboxylic acids is 1. The highest BCUT2D eigenvalue weighted by Crippen LogP contribution is 2.24. The number of pyridine rings is 1. The molecule has 0 aliphatic carbocycles. The Hall–Kier alpha value is -3.33. The molecule has 0 atom stereocenters. The van der Waals surface area contributed by atoms with E-state index in [1.807, 2.05) is 0 Å². The molecular formula is C17H15N5O3S. The Balaban J connectivity index is 1.83. The van der Waals surface area contributed by atoms with Crippen LogP contribution in [0.1, 0.15) is 10.4 Å². The third-order valence-electron chi connectivity index (χ3n) is 3.39. The quantitative estimate of drug-likeness (QED) is 0.637. The van der Waals surface area contributed by atoms with E-state index in [0.717, 1.165) is 6.26 Å². The third-order valence-corrected chi connectivity index (χ3v) is 4.55. The van der Waals surface area contributed by atoms with Crippen molar-refractivity contribution < 1.29 is 13.2 Å². The van der Waals surface area contributed by atoms with Crippen molar-refractivity contribution in [3.63, 3.8) is 0 Å². The van der Waals surface area contributed by atoms with Gasteiger partial charge in [-0.15, -0.1) is 0 Å². The Morgan fingerprint density at radius 1 is 0.923 bits per heavy atom. The van der Waals surface area contributed by atoms with Gasteiger partial charge in [-0.1, -0.05) is 12.1 Å². The molecule has 0 bridgehead atoms. The summed E-state index contributed by atoms with van der Waals surface area (Å²) in [5, 5.41) is 5.98. The van der Waals surface area contributed by atoms with Gasteiger partial charge in [0.15, 0.2) is 16.1 Å². The second kappa shape index (κ2) is 7.28. The first-order chi connectivity index (χ1) is 12.5. The summed E-state index contributed by atoms with van der Waals surface area (Å²) in [4.78, 5) is 23.1. The molecule has 8 nitrogen and oxygen atoms in total. The fraction of sp³-hybridized carbons (Fsp3) is 0.0588. The molecule has 26 heavy (non-hydrogen) atoms. The molecule has 0 radical (unpaired) electrons. The van der Waals surface area contributed by atoms with Crippen molar-refractivity contribution in [3.05, 3.63) is 60.6 Å². The molecule has 0 spiro atoms. The van der Waals surface area contributed by atoms with Crippen LogP contribution < -0.4 is 10.6 Å². The van der Waals surface area contributed by atoms with Gasteiger partial charge in [0.1, 0.15) is 23.8 Å². The van der Waals surface area contributed by atoms with Crippen molar-refractivity contribution in [2.24, 2.45) is 0 Å². The maximum absolute atomic E-state index is 11.9. The first kappa shape index (κ1) is 17.5. The van der Waals surface area contributed by atoms with E-state index in [-0.39, 0.29) is 4.90 Å². The number of aromatic nitrogens is 3. The monoisotopic (exact) mass is 369 g/mol. The maximum Gasteiger partial charge on any atom is 0.177 e. The smallest absolute Gasteiger partial charge is 0.177 e. The van der Waals surface area contributed by atoms with Crippen molar-refractivity contribution in [1.29, 1.82) is 0 Å². The van der Waals surface area contributed by atoms with Crippen LogP contribution in [0.2, 0.25) is 0 Å². The average Bonchev–Trinajstić information content (AvgIpc) is 2.62. The summed E-state index contributed by atoms with van der Waals surface area (Å²) in [5.74, 6) is 1.39. The van der Waals surface area contributed by atoms with Crippen LogP contribution in [0.4, 0.5) is 23.1 Å². The van der Waals surface area contributed by atoms with Crippen LogP contribution in [0, 0.1) is 0 Å². The van der Waals surface area contributed by atoms with E-state index in [1.165, 1.54) is 18.6 Å². The zero-order chi connectivity index (χ0) is 18.6. The van der Waals surface area contributed by atoms with Gasteiger partial charge in [-0.2, -0.15) is 0 Å². The number of para-hydroxylation sites is 1. The normalized spacial score (nSPS) is 11.0. The van der Waals surface area contributed by atoms with Crippen LogP contribution in [0.3, 0.4) is 0 Å². The fourth-order valence-electron chi connectivity index (χ4n) is 2.21. The van der Waals surface area contributed by atoms with E-state index in [4.69, 9.17) is 0 Å². The molecule has 0 saturated heterocycles. The number of rotatable bonds is 6. The number of hydrogen-bond donors (Lipinski definition) is 2. The first-order valence-corrected chi connectivity index (χ1v) is 9.41. The Bertz CT molecular complexity index is 1040. The molecule has 9 heteroatoms. The third kappa shape index (κ3) is 4.19. The minimum absolute atomic E-state index is 0.180. The number of nitrogens with one attached hydrogen (secondary N) is 2. The van der Waals surface area contributed by atoms with Gasteiger partial charge in [-0.25, -0.2) is 23.4 Å². The molecule has 0 aliphatic heterocycles. The molecule has 3 rings (SSSR count). The number of benzene rings is 1. The maximum atomic E-state index is 11.9. The van der Waals surface area contributed by atoms with Crippen LogP contribution in [-0.4, -0.2) is 35.9 Å². The van der Waals surface area contributed by atoms with Gasteiger partial charge in [0.05, 0.1) is 10.6 Å². The van der Waals surface area contributed by atoms with E-state index in [0.29, 0.717) is 35.0 Å². The van der Waals surface area contributed by atoms with E-state index >= 15 is 0 Å². The summed E-state index contributed by atoms with van der Waals surface area (Å²) in [5.41, 5.74) is 0.895. The van der Waals surface area contributed by atoms with Crippen LogP contribution in [-0.2, 0) is 9.84 Å². The molecule has 0 unspecified atom stereocenters. The van der Waals surface area contributed by atoms with E-state index in [1.54, 1.807) is 36.4 Å². The SMILES string of the molecule is CS(=O)(=O)c1ccccc1Nc1cc(Nc2ccc(C=O)cn2)ncn1. The highest BCUT2D eigenvalue weighted by molar-refractivity contribution is 7.90. The van der Waals surface area contributed by atoms with Gasteiger partial charge in [0, 0.05) is 24.1 Å². The Kier molecular flexibility index (Phi) is 4.90. The lowest BCUT2D eigenvalue weighted by Gasteiger charge is -2.11. The zero-order valence-electron chi connectivity index (χ0n) is 13.7. The predicted molar refractivity (Wildman–Crippen MR) is 97.8 cm³/mol. The molecule has 0 saturated carbocycles. The fourth-order valence-corrected chi connectivity index (χ4v) is 3.05. The molecular weight excluding hydrogens is 354 g/mol. The predicted octanol–water partition coefficient (Wildman–Crippen LogP) is 2.57. The molecule has 0 fully saturated rings. The Morgan fingerprint density at radius 2 is 1.65 bits per heavy atom. The summed E-state index contributed by atoms with van der Waals surface area (Å²) in [6, 6.07) is 11.5. The molecule has 0 amide bonds. The minimum Gasteiger partial charge on any atom is -0.339 e. The number of nitrogens with zero attached hydrogens (tertiary/aromatic N) is 3. The van der Waals surface area contributed by atoms with E-state index in [2.05, 4.69) is 25.6 Å². The van der Waals surface area contributed by atoms with Crippen molar-refractivity contribution in [1.82, 2.24) is 15.0 Å². The van der Waals surface area contributed by atoms with E-state index in [9.17, 15) is 13.2 Å². The topological polar surface area (TPSA) is 114 Å². The number of sulfone groups is 1. The van der Waals surface area contributed by atoms with E-state index < -0.39 is 9.84 Å². The molecule has 1 aromatic carbocycles. The van der Waals surface area contributed by atoms with Gasteiger partial charge < -0.3 is 10.6 Å². The summed E-state index contributed by atoms with van der Waals surface area (Å²) in [6.45, 7) is 0. The zero-order valence-corrected chi connectivity index (χ0v) is 14.6. The minimum atomic E-state index is -3.38. The Morgan fingerprint density at radius 3 is 2.31 bits per heavy atom. The van der Waals surface area contributed by atoms with Gasteiger partial charge >= 0.3 is 0 Å². The molecule has 3 aromatic rings. The number of anilines is 4. The molecule has 2 heterocycles. The van der Waals surface area contributed by atoms with Crippen molar-refractivity contribution >= 4 is 39.3 Å². The molecule has 132 valence electrons. The highest BCUT2D eigenvalue weighted by atomic mass is 32.2. The van der Waals surface area contributed by atoms with Crippen molar-refractivity contribution in [3.8, 4) is 0 Å².